The molecule has 0 aliphatic carbocycles. The molecule has 0 amide bonds. The number of anilines is 1. The maximum atomic E-state index is 13.1. The summed E-state index contributed by atoms with van der Waals surface area (Å²) in [5, 5.41) is 0.691. The molecule has 0 radical (unpaired) electrons. The van der Waals surface area contributed by atoms with E-state index in [1.807, 2.05) is 0 Å². The van der Waals surface area contributed by atoms with E-state index in [9.17, 15) is 8.78 Å². The maximum Gasteiger partial charge on any atom is 0.176 e. The highest BCUT2D eigenvalue weighted by Crippen LogP contribution is 2.17. The van der Waals surface area contributed by atoms with Gasteiger partial charge in [0, 0.05) is 11.8 Å². The summed E-state index contributed by atoms with van der Waals surface area (Å²) in [7, 11) is 0. The van der Waals surface area contributed by atoms with Crippen molar-refractivity contribution in [3.8, 4) is 11.8 Å². The van der Waals surface area contributed by atoms with E-state index in [2.05, 4.69) is 27.8 Å². The number of nitrogen functional groups attached to an aromatic ring is 1. The van der Waals surface area contributed by atoms with Gasteiger partial charge < -0.3 is 5.73 Å². The minimum absolute atomic E-state index is 0.0639. The molecule has 14 heavy (non-hydrogen) atoms. The van der Waals surface area contributed by atoms with Crippen LogP contribution in [-0.2, 0) is 0 Å². The van der Waals surface area contributed by atoms with Gasteiger partial charge in [0.2, 0.25) is 0 Å². The summed E-state index contributed by atoms with van der Waals surface area (Å²) in [5.41, 5.74) is 5.55. The van der Waals surface area contributed by atoms with Gasteiger partial charge in [-0.05, 0) is 12.1 Å². The zero-order valence-electron chi connectivity index (χ0n) is 7.28. The molecule has 1 aromatic rings. The Labute approximate surface area is 89.4 Å². The van der Waals surface area contributed by atoms with Crippen molar-refractivity contribution in [3.63, 3.8) is 0 Å². The fraction of sp³-hybridized carbons (Fsp3) is 0.200. The number of hydrogen-bond donors (Lipinski definition) is 1. The molecule has 74 valence electrons. The van der Waals surface area contributed by atoms with Crippen LogP contribution in [0.5, 0.6) is 0 Å². The average molecular weight is 260 g/mol. The highest BCUT2D eigenvalue weighted by Gasteiger charge is 2.08. The molecule has 0 aromatic heterocycles. The third kappa shape index (κ3) is 2.46. The fourth-order valence-electron chi connectivity index (χ4n) is 0.891. The first-order valence-electron chi connectivity index (χ1n) is 3.95. The number of nitrogens with two attached hydrogens (primary N) is 1. The van der Waals surface area contributed by atoms with Crippen LogP contribution in [0.1, 0.15) is 12.0 Å². The van der Waals surface area contributed by atoms with E-state index in [1.54, 1.807) is 0 Å². The molecule has 1 aromatic carbocycles. The van der Waals surface area contributed by atoms with Gasteiger partial charge in [-0.15, -0.1) is 0 Å². The molecule has 0 spiro atoms. The second-order valence-corrected chi connectivity index (χ2v) is 3.36. The molecule has 0 saturated carbocycles. The largest absolute Gasteiger partial charge is 0.398 e. The molecule has 0 fully saturated rings. The minimum Gasteiger partial charge on any atom is -0.398 e. The molecule has 0 saturated heterocycles. The lowest BCUT2D eigenvalue weighted by atomic mass is 10.1. The number of halogens is 3. The van der Waals surface area contributed by atoms with Crippen LogP contribution in [0, 0.1) is 23.5 Å². The first-order chi connectivity index (χ1) is 6.66. The molecule has 0 unspecified atom stereocenters. The Balaban J connectivity index is 3.08. The third-order valence-electron chi connectivity index (χ3n) is 1.56. The predicted octanol–water partition coefficient (Wildman–Crippen LogP) is 2.68. The minimum atomic E-state index is -0.980. The van der Waals surface area contributed by atoms with Gasteiger partial charge in [0.05, 0.1) is 11.3 Å². The molecule has 0 bridgehead atoms. The van der Waals surface area contributed by atoms with Crippen molar-refractivity contribution < 1.29 is 8.78 Å². The highest BCUT2D eigenvalue weighted by atomic mass is 79.9. The van der Waals surface area contributed by atoms with E-state index < -0.39 is 11.6 Å². The van der Waals surface area contributed by atoms with E-state index in [4.69, 9.17) is 5.73 Å². The van der Waals surface area contributed by atoms with E-state index >= 15 is 0 Å². The van der Waals surface area contributed by atoms with Gasteiger partial charge in [0.1, 0.15) is 0 Å². The Bertz CT molecular complexity index is 393. The Morgan fingerprint density at radius 1 is 1.36 bits per heavy atom. The SMILES string of the molecule is Nc1ccc(F)c(F)c1C#CCCBr. The molecular weight excluding hydrogens is 252 g/mol. The Kier molecular flexibility index (Phi) is 3.90. The van der Waals surface area contributed by atoms with Crippen LogP contribution >= 0.6 is 15.9 Å². The second-order valence-electron chi connectivity index (χ2n) is 2.57. The van der Waals surface area contributed by atoms with Crippen molar-refractivity contribution in [2.24, 2.45) is 0 Å². The molecule has 2 N–H and O–H groups in total. The number of benzene rings is 1. The van der Waals surface area contributed by atoms with Crippen LogP contribution in [0.15, 0.2) is 12.1 Å². The molecule has 0 heterocycles. The lowest BCUT2D eigenvalue weighted by Crippen LogP contribution is -1.96. The molecule has 1 rings (SSSR count). The third-order valence-corrected chi connectivity index (χ3v) is 1.96. The summed E-state index contributed by atoms with van der Waals surface area (Å²) < 4.78 is 25.9. The standard InChI is InChI=1S/C10H8BrF2N/c11-6-2-1-3-7-9(14)5-4-8(12)10(7)13/h4-5H,2,6,14H2. The Morgan fingerprint density at radius 3 is 2.71 bits per heavy atom. The summed E-state index contributed by atoms with van der Waals surface area (Å²) in [4.78, 5) is 0. The number of rotatable bonds is 1. The molecule has 1 nitrogen and oxygen atoms in total. The zero-order chi connectivity index (χ0) is 10.6. The van der Waals surface area contributed by atoms with E-state index in [1.165, 1.54) is 6.07 Å². The monoisotopic (exact) mass is 259 g/mol. The van der Waals surface area contributed by atoms with Crippen LogP contribution in [0.4, 0.5) is 14.5 Å². The summed E-state index contributed by atoms with van der Waals surface area (Å²) >= 11 is 3.17. The smallest absolute Gasteiger partial charge is 0.176 e. The quantitative estimate of drug-likeness (QED) is 0.469. The van der Waals surface area contributed by atoms with Crippen LogP contribution < -0.4 is 5.73 Å². The average Bonchev–Trinajstić information content (AvgIpc) is 2.18. The van der Waals surface area contributed by atoms with E-state index in [0.717, 1.165) is 6.07 Å². The van der Waals surface area contributed by atoms with Crippen LogP contribution in [0.25, 0.3) is 0 Å². The summed E-state index contributed by atoms with van der Waals surface area (Å²) in [5.74, 6) is 3.27. The molecular formula is C10H8BrF2N. The van der Waals surface area contributed by atoms with Gasteiger partial charge in [0.25, 0.3) is 0 Å². The second kappa shape index (κ2) is 4.97. The first-order valence-corrected chi connectivity index (χ1v) is 5.07. The van der Waals surface area contributed by atoms with Crippen molar-refractivity contribution >= 4 is 21.6 Å². The molecule has 0 aliphatic heterocycles. The van der Waals surface area contributed by atoms with Crippen LogP contribution in [0.3, 0.4) is 0 Å². The number of hydrogen-bond acceptors (Lipinski definition) is 1. The summed E-state index contributed by atoms with van der Waals surface area (Å²) in [6.45, 7) is 0. The van der Waals surface area contributed by atoms with Gasteiger partial charge in [0.15, 0.2) is 11.6 Å². The van der Waals surface area contributed by atoms with Crippen molar-refractivity contribution in [1.82, 2.24) is 0 Å². The number of alkyl halides is 1. The first kappa shape index (κ1) is 11.0. The van der Waals surface area contributed by atoms with Gasteiger partial charge >= 0.3 is 0 Å². The van der Waals surface area contributed by atoms with Gasteiger partial charge in [-0.25, -0.2) is 8.78 Å². The zero-order valence-corrected chi connectivity index (χ0v) is 8.87. The fourth-order valence-corrected chi connectivity index (χ4v) is 1.09. The van der Waals surface area contributed by atoms with Crippen molar-refractivity contribution in [3.05, 3.63) is 29.3 Å². The summed E-state index contributed by atoms with van der Waals surface area (Å²) in [6.07, 6.45) is 0.565. The molecule has 4 heteroatoms. The normalized spacial score (nSPS) is 9.36. The highest BCUT2D eigenvalue weighted by molar-refractivity contribution is 9.09. The lowest BCUT2D eigenvalue weighted by Gasteiger charge is -2.00. The predicted molar refractivity (Wildman–Crippen MR) is 56.1 cm³/mol. The van der Waals surface area contributed by atoms with Crippen molar-refractivity contribution in [2.45, 2.75) is 6.42 Å². The van der Waals surface area contributed by atoms with E-state index in [0.29, 0.717) is 11.8 Å². The maximum absolute atomic E-state index is 13.1. The molecule has 0 atom stereocenters. The summed E-state index contributed by atoms with van der Waals surface area (Å²) in [6, 6.07) is 2.29. The van der Waals surface area contributed by atoms with Gasteiger partial charge in [-0.1, -0.05) is 27.8 Å². The van der Waals surface area contributed by atoms with Gasteiger partial charge in [-0.3, -0.25) is 0 Å². The topological polar surface area (TPSA) is 26.0 Å². The molecule has 0 aliphatic rings. The lowest BCUT2D eigenvalue weighted by molar-refractivity contribution is 0.507. The Hall–Kier alpha value is -1.08. The Morgan fingerprint density at radius 2 is 2.07 bits per heavy atom. The van der Waals surface area contributed by atoms with Crippen molar-refractivity contribution in [2.75, 3.05) is 11.1 Å². The van der Waals surface area contributed by atoms with Crippen molar-refractivity contribution in [1.29, 1.82) is 0 Å². The van der Waals surface area contributed by atoms with E-state index in [-0.39, 0.29) is 11.3 Å². The van der Waals surface area contributed by atoms with Crippen LogP contribution in [0.2, 0.25) is 0 Å². The van der Waals surface area contributed by atoms with Crippen LogP contribution in [-0.4, -0.2) is 5.33 Å². The van der Waals surface area contributed by atoms with Gasteiger partial charge in [-0.2, -0.15) is 0 Å².